The Morgan fingerprint density at radius 2 is 2.33 bits per heavy atom. The fourth-order valence-corrected chi connectivity index (χ4v) is 2.04. The first-order valence-corrected chi connectivity index (χ1v) is 5.39. The molecule has 0 radical (unpaired) electrons. The Morgan fingerprint density at radius 3 is 3.00 bits per heavy atom. The Morgan fingerprint density at radius 1 is 1.60 bits per heavy atom. The number of aryl methyl sites for hydroxylation is 1. The summed E-state index contributed by atoms with van der Waals surface area (Å²) < 4.78 is 2.63. The van der Waals surface area contributed by atoms with E-state index in [-0.39, 0.29) is 0 Å². The summed E-state index contributed by atoms with van der Waals surface area (Å²) in [4.78, 5) is 3.18. The first-order chi connectivity index (χ1) is 7.09. The van der Waals surface area contributed by atoms with Crippen molar-refractivity contribution in [1.82, 2.24) is 9.55 Å². The minimum atomic E-state index is 0.545. The average Bonchev–Trinajstić information content (AvgIpc) is 2.45. The number of hydrogen-bond acceptors (Lipinski definition) is 1. The van der Waals surface area contributed by atoms with E-state index in [1.54, 1.807) is 0 Å². The second-order valence-electron chi connectivity index (χ2n) is 3.50. The van der Waals surface area contributed by atoms with Crippen LogP contribution in [0.3, 0.4) is 0 Å². The second kappa shape index (κ2) is 3.83. The molecular weight excluding hydrogens is 228 g/mol. The molecule has 4 heteroatoms. The molecule has 0 spiro atoms. The highest BCUT2D eigenvalue weighted by Crippen LogP contribution is 2.19. The highest BCUT2D eigenvalue weighted by Gasteiger charge is 2.05. The summed E-state index contributed by atoms with van der Waals surface area (Å²) >= 11 is 11.0. The topological polar surface area (TPSA) is 20.7 Å². The van der Waals surface area contributed by atoms with Crippen LogP contribution in [0.2, 0.25) is 0 Å². The van der Waals surface area contributed by atoms with E-state index in [1.165, 1.54) is 5.56 Å². The number of aromatic nitrogens is 2. The summed E-state index contributed by atoms with van der Waals surface area (Å²) in [6.07, 6.45) is 0. The number of allylic oxidation sites excluding steroid dienone is 1. The summed E-state index contributed by atoms with van der Waals surface area (Å²) in [5, 5.41) is 0.577. The number of rotatable bonds is 2. The van der Waals surface area contributed by atoms with E-state index in [9.17, 15) is 0 Å². The molecule has 0 unspecified atom stereocenters. The minimum absolute atomic E-state index is 0.545. The molecule has 15 heavy (non-hydrogen) atoms. The van der Waals surface area contributed by atoms with Gasteiger partial charge in [0.15, 0.2) is 4.77 Å². The summed E-state index contributed by atoms with van der Waals surface area (Å²) in [7, 11) is 0. The Hall–Kier alpha value is -1.06. The zero-order chi connectivity index (χ0) is 11.0. The number of imidazole rings is 1. The van der Waals surface area contributed by atoms with Crippen molar-refractivity contribution < 1.29 is 0 Å². The minimum Gasteiger partial charge on any atom is -0.330 e. The van der Waals surface area contributed by atoms with Crippen LogP contribution >= 0.6 is 23.8 Å². The number of nitrogens with one attached hydrogen (secondary N) is 1. The number of aromatic amines is 1. The van der Waals surface area contributed by atoms with E-state index in [0.29, 0.717) is 16.3 Å². The molecule has 2 nitrogen and oxygen atoms in total. The Balaban J connectivity index is 2.74. The van der Waals surface area contributed by atoms with Gasteiger partial charge >= 0.3 is 0 Å². The molecule has 0 saturated heterocycles. The average molecular weight is 239 g/mol. The van der Waals surface area contributed by atoms with Gasteiger partial charge in [0.05, 0.1) is 17.6 Å². The lowest BCUT2D eigenvalue weighted by molar-refractivity contribution is 0.825. The zero-order valence-corrected chi connectivity index (χ0v) is 9.95. The monoisotopic (exact) mass is 238 g/mol. The van der Waals surface area contributed by atoms with E-state index in [2.05, 4.69) is 11.6 Å². The molecule has 1 aromatic carbocycles. The third-order valence-corrected chi connectivity index (χ3v) is 2.79. The van der Waals surface area contributed by atoms with Crippen LogP contribution in [0.5, 0.6) is 0 Å². The quantitative estimate of drug-likeness (QED) is 0.791. The van der Waals surface area contributed by atoms with Crippen molar-refractivity contribution in [3.63, 3.8) is 0 Å². The van der Waals surface area contributed by atoms with Crippen LogP contribution in [0.4, 0.5) is 0 Å². The Labute approximate surface area is 98.2 Å². The summed E-state index contributed by atoms with van der Waals surface area (Å²) in [5.41, 5.74) is 3.32. The molecule has 78 valence electrons. The van der Waals surface area contributed by atoms with Crippen molar-refractivity contribution in [2.75, 3.05) is 0 Å². The van der Waals surface area contributed by atoms with E-state index in [0.717, 1.165) is 11.0 Å². The molecule has 1 aromatic heterocycles. The molecule has 0 atom stereocenters. The van der Waals surface area contributed by atoms with Gasteiger partial charge in [0, 0.05) is 5.03 Å². The van der Waals surface area contributed by atoms with Crippen molar-refractivity contribution >= 4 is 34.9 Å². The van der Waals surface area contributed by atoms with Crippen LogP contribution in [-0.4, -0.2) is 9.55 Å². The van der Waals surface area contributed by atoms with Crippen molar-refractivity contribution in [3.8, 4) is 0 Å². The summed E-state index contributed by atoms with van der Waals surface area (Å²) in [5.74, 6) is 0. The molecule has 1 heterocycles. The fourth-order valence-electron chi connectivity index (χ4n) is 1.65. The molecule has 0 bridgehead atoms. The van der Waals surface area contributed by atoms with Gasteiger partial charge in [-0.3, -0.25) is 0 Å². The van der Waals surface area contributed by atoms with Gasteiger partial charge in [0.25, 0.3) is 0 Å². The molecule has 0 aliphatic heterocycles. The van der Waals surface area contributed by atoms with Crippen LogP contribution in [-0.2, 0) is 6.54 Å². The molecule has 0 fully saturated rings. The van der Waals surface area contributed by atoms with Gasteiger partial charge in [-0.15, -0.1) is 0 Å². The van der Waals surface area contributed by atoms with Crippen LogP contribution in [0.15, 0.2) is 29.8 Å². The SMILES string of the molecule is C=C(Cl)Cn1c(=S)[nH]c2c(C)cccc21. The van der Waals surface area contributed by atoms with E-state index < -0.39 is 0 Å². The van der Waals surface area contributed by atoms with Crippen molar-refractivity contribution in [2.24, 2.45) is 0 Å². The lowest BCUT2D eigenvalue weighted by Gasteiger charge is -2.02. The van der Waals surface area contributed by atoms with E-state index in [1.807, 2.05) is 29.7 Å². The normalized spacial score (nSPS) is 10.8. The number of para-hydroxylation sites is 1. The predicted octanol–water partition coefficient (Wildman–Crippen LogP) is 3.76. The van der Waals surface area contributed by atoms with Crippen LogP contribution in [0.1, 0.15) is 5.56 Å². The number of fused-ring (bicyclic) bond motifs is 1. The third-order valence-electron chi connectivity index (χ3n) is 2.35. The zero-order valence-electron chi connectivity index (χ0n) is 8.38. The summed E-state index contributed by atoms with van der Waals surface area (Å²) in [6, 6.07) is 6.08. The van der Waals surface area contributed by atoms with E-state index >= 15 is 0 Å². The number of hydrogen-bond donors (Lipinski definition) is 1. The lowest BCUT2D eigenvalue weighted by Crippen LogP contribution is -1.96. The van der Waals surface area contributed by atoms with Gasteiger partial charge in [0.2, 0.25) is 0 Å². The Bertz CT molecular complexity index is 580. The molecular formula is C11H11ClN2S. The maximum Gasteiger partial charge on any atom is 0.178 e. The standard InChI is InChI=1S/C11H11ClN2S/c1-7-4-3-5-9-10(7)13-11(15)14(9)6-8(2)12/h3-5H,2,6H2,1H3,(H,13,15). The molecule has 2 aromatic rings. The smallest absolute Gasteiger partial charge is 0.178 e. The van der Waals surface area contributed by atoms with E-state index in [4.69, 9.17) is 23.8 Å². The molecule has 0 aliphatic rings. The molecule has 0 saturated carbocycles. The highest BCUT2D eigenvalue weighted by molar-refractivity contribution is 7.71. The number of nitrogens with zero attached hydrogens (tertiary/aromatic N) is 1. The molecule has 0 amide bonds. The lowest BCUT2D eigenvalue weighted by atomic mass is 10.2. The van der Waals surface area contributed by atoms with Gasteiger partial charge in [-0.25, -0.2) is 0 Å². The van der Waals surface area contributed by atoms with Crippen molar-refractivity contribution in [2.45, 2.75) is 13.5 Å². The van der Waals surface area contributed by atoms with Gasteiger partial charge in [-0.05, 0) is 30.8 Å². The maximum absolute atomic E-state index is 5.81. The van der Waals surface area contributed by atoms with Gasteiger partial charge in [0.1, 0.15) is 0 Å². The maximum atomic E-state index is 5.81. The second-order valence-corrected chi connectivity index (χ2v) is 4.42. The van der Waals surface area contributed by atoms with Crippen molar-refractivity contribution in [1.29, 1.82) is 0 Å². The largest absolute Gasteiger partial charge is 0.330 e. The first kappa shape index (κ1) is 10.5. The predicted molar refractivity (Wildman–Crippen MR) is 66.9 cm³/mol. The third kappa shape index (κ3) is 1.85. The van der Waals surface area contributed by atoms with Gasteiger partial charge in [-0.2, -0.15) is 0 Å². The summed E-state index contributed by atoms with van der Waals surface area (Å²) in [6.45, 7) is 6.28. The number of H-pyrrole nitrogens is 1. The van der Waals surface area contributed by atoms with Crippen LogP contribution in [0, 0.1) is 11.7 Å². The fraction of sp³-hybridized carbons (Fsp3) is 0.182. The van der Waals surface area contributed by atoms with Crippen LogP contribution < -0.4 is 0 Å². The Kier molecular flexibility index (Phi) is 2.67. The highest BCUT2D eigenvalue weighted by atomic mass is 35.5. The number of halogens is 1. The van der Waals surface area contributed by atoms with Crippen molar-refractivity contribution in [3.05, 3.63) is 40.1 Å². The molecule has 1 N–H and O–H groups in total. The molecule has 0 aliphatic carbocycles. The van der Waals surface area contributed by atoms with Gasteiger partial charge < -0.3 is 9.55 Å². The van der Waals surface area contributed by atoms with Gasteiger partial charge in [-0.1, -0.05) is 30.3 Å². The molecule has 2 rings (SSSR count). The first-order valence-electron chi connectivity index (χ1n) is 4.61. The number of benzene rings is 1. The van der Waals surface area contributed by atoms with Crippen LogP contribution in [0.25, 0.3) is 11.0 Å².